The largest absolute Gasteiger partial charge is 0.496 e. The van der Waals surface area contributed by atoms with E-state index >= 15 is 0 Å². The van der Waals surface area contributed by atoms with Crippen LogP contribution in [0.1, 0.15) is 30.6 Å². The number of ether oxygens (including phenoxy) is 1. The van der Waals surface area contributed by atoms with E-state index in [1.165, 1.54) is 25.3 Å². The lowest BCUT2D eigenvalue weighted by Crippen LogP contribution is -1.97. The van der Waals surface area contributed by atoms with Gasteiger partial charge in [0, 0.05) is 0 Å². The predicted molar refractivity (Wildman–Crippen MR) is 48.6 cm³/mol. The summed E-state index contributed by atoms with van der Waals surface area (Å²) in [6.07, 6.45) is -3.25. The fraction of sp³-hybridized carbons (Fsp3) is 0.400. The number of aliphatic hydroxyl groups excluding tert-OH is 1. The fourth-order valence-electron chi connectivity index (χ4n) is 1.17. The average Bonchev–Trinajstić information content (AvgIpc) is 2.16. The van der Waals surface area contributed by atoms with E-state index in [2.05, 4.69) is 0 Å². The van der Waals surface area contributed by atoms with Crippen LogP contribution in [0.15, 0.2) is 18.2 Å². The monoisotopic (exact) mass is 202 g/mol. The molecule has 1 rings (SSSR count). The van der Waals surface area contributed by atoms with Gasteiger partial charge in [0.1, 0.15) is 5.75 Å². The van der Waals surface area contributed by atoms with Gasteiger partial charge in [-0.15, -0.1) is 0 Å². The van der Waals surface area contributed by atoms with E-state index in [-0.39, 0.29) is 11.3 Å². The van der Waals surface area contributed by atoms with Crippen LogP contribution in [0.25, 0.3) is 0 Å². The molecular formula is C10H12F2O2. The number of halogens is 2. The quantitative estimate of drug-likeness (QED) is 0.816. The Hall–Kier alpha value is -1.16. The topological polar surface area (TPSA) is 29.5 Å². The van der Waals surface area contributed by atoms with Crippen molar-refractivity contribution in [1.29, 1.82) is 0 Å². The molecule has 0 heterocycles. The molecule has 0 saturated carbocycles. The van der Waals surface area contributed by atoms with Gasteiger partial charge in [-0.1, -0.05) is 6.07 Å². The lowest BCUT2D eigenvalue weighted by Gasteiger charge is -2.11. The van der Waals surface area contributed by atoms with Crippen molar-refractivity contribution in [3.05, 3.63) is 29.3 Å². The third-order valence-corrected chi connectivity index (χ3v) is 1.98. The molecule has 1 aromatic rings. The van der Waals surface area contributed by atoms with E-state index in [9.17, 15) is 13.9 Å². The Morgan fingerprint density at radius 3 is 2.43 bits per heavy atom. The molecule has 0 saturated heterocycles. The summed E-state index contributed by atoms with van der Waals surface area (Å²) in [6.45, 7) is 1.57. The molecule has 2 nitrogen and oxygen atoms in total. The fourth-order valence-corrected chi connectivity index (χ4v) is 1.17. The normalized spacial score (nSPS) is 13.0. The Bertz CT molecular complexity index is 311. The van der Waals surface area contributed by atoms with Gasteiger partial charge in [-0.25, -0.2) is 8.78 Å². The molecule has 0 fully saturated rings. The second-order valence-electron chi connectivity index (χ2n) is 2.98. The molecule has 14 heavy (non-hydrogen) atoms. The molecule has 0 amide bonds. The maximum atomic E-state index is 12.4. The minimum absolute atomic E-state index is 0.110. The van der Waals surface area contributed by atoms with Crippen LogP contribution in [0.2, 0.25) is 0 Å². The number of hydrogen-bond donors (Lipinski definition) is 1. The highest BCUT2D eigenvalue weighted by atomic mass is 19.3. The van der Waals surface area contributed by atoms with Crippen molar-refractivity contribution in [3.8, 4) is 5.75 Å². The molecule has 0 aliphatic heterocycles. The summed E-state index contributed by atoms with van der Waals surface area (Å²) in [5.41, 5.74) is 0.406. The van der Waals surface area contributed by atoms with Crippen LogP contribution in [-0.4, -0.2) is 12.2 Å². The Balaban J connectivity index is 3.11. The van der Waals surface area contributed by atoms with E-state index in [1.807, 2.05) is 0 Å². The van der Waals surface area contributed by atoms with Gasteiger partial charge in [-0.2, -0.15) is 0 Å². The third-order valence-electron chi connectivity index (χ3n) is 1.98. The van der Waals surface area contributed by atoms with Crippen molar-refractivity contribution in [2.45, 2.75) is 19.5 Å². The highest BCUT2D eigenvalue weighted by Gasteiger charge is 2.14. The minimum Gasteiger partial charge on any atom is -0.496 e. The Morgan fingerprint density at radius 1 is 1.36 bits per heavy atom. The summed E-state index contributed by atoms with van der Waals surface area (Å²) >= 11 is 0. The Labute approximate surface area is 81.1 Å². The molecule has 0 aliphatic carbocycles. The number of rotatable bonds is 3. The molecule has 78 valence electrons. The minimum atomic E-state index is -2.56. The average molecular weight is 202 g/mol. The molecule has 0 radical (unpaired) electrons. The number of alkyl halides is 2. The van der Waals surface area contributed by atoms with Crippen molar-refractivity contribution < 1.29 is 18.6 Å². The van der Waals surface area contributed by atoms with E-state index in [1.54, 1.807) is 6.92 Å². The molecule has 0 aromatic heterocycles. The van der Waals surface area contributed by atoms with Crippen LogP contribution < -0.4 is 4.74 Å². The van der Waals surface area contributed by atoms with Gasteiger partial charge >= 0.3 is 0 Å². The lowest BCUT2D eigenvalue weighted by molar-refractivity contribution is 0.146. The van der Waals surface area contributed by atoms with E-state index in [0.29, 0.717) is 5.56 Å². The number of benzene rings is 1. The molecule has 1 N–H and O–H groups in total. The highest BCUT2D eigenvalue weighted by Crippen LogP contribution is 2.31. The highest BCUT2D eigenvalue weighted by molar-refractivity contribution is 5.39. The van der Waals surface area contributed by atoms with Crippen molar-refractivity contribution in [2.75, 3.05) is 7.11 Å². The summed E-state index contributed by atoms with van der Waals surface area (Å²) in [5, 5.41) is 9.23. The van der Waals surface area contributed by atoms with Crippen LogP contribution in [0.3, 0.4) is 0 Å². The summed E-state index contributed by atoms with van der Waals surface area (Å²) in [4.78, 5) is 0. The van der Waals surface area contributed by atoms with E-state index in [4.69, 9.17) is 4.74 Å². The van der Waals surface area contributed by atoms with Gasteiger partial charge in [0.05, 0.1) is 18.8 Å². The Kier molecular flexibility index (Phi) is 3.41. The van der Waals surface area contributed by atoms with Crippen LogP contribution in [0.4, 0.5) is 8.78 Å². The molecule has 1 aromatic carbocycles. The second kappa shape index (κ2) is 4.37. The standard InChI is InChI=1S/C10H12F2O2/c1-6(13)7-3-4-8(10(11)12)9(5-7)14-2/h3-6,10,13H,1-2H3. The van der Waals surface area contributed by atoms with Crippen molar-refractivity contribution in [3.63, 3.8) is 0 Å². The van der Waals surface area contributed by atoms with E-state index in [0.717, 1.165) is 0 Å². The first-order valence-electron chi connectivity index (χ1n) is 4.20. The predicted octanol–water partition coefficient (Wildman–Crippen LogP) is 2.69. The molecule has 4 heteroatoms. The Morgan fingerprint density at radius 2 is 2.00 bits per heavy atom. The molecular weight excluding hydrogens is 190 g/mol. The summed E-state index contributed by atoms with van der Waals surface area (Å²) in [6, 6.07) is 4.16. The molecule has 0 aliphatic rings. The molecule has 0 spiro atoms. The molecule has 1 atom stereocenters. The van der Waals surface area contributed by atoms with Gasteiger partial charge in [-0.05, 0) is 24.6 Å². The number of hydrogen-bond acceptors (Lipinski definition) is 2. The SMILES string of the molecule is COc1cc(C(C)O)ccc1C(F)F. The first-order valence-corrected chi connectivity index (χ1v) is 4.20. The maximum Gasteiger partial charge on any atom is 0.267 e. The summed E-state index contributed by atoms with van der Waals surface area (Å²) in [7, 11) is 1.33. The summed E-state index contributed by atoms with van der Waals surface area (Å²) < 4.78 is 29.6. The van der Waals surface area contributed by atoms with Gasteiger partial charge in [0.2, 0.25) is 0 Å². The van der Waals surface area contributed by atoms with Crippen molar-refractivity contribution in [2.24, 2.45) is 0 Å². The molecule has 0 bridgehead atoms. The first kappa shape index (κ1) is 10.9. The third kappa shape index (κ3) is 2.20. The summed E-state index contributed by atoms with van der Waals surface area (Å²) in [5.74, 6) is 0.110. The number of aliphatic hydroxyl groups is 1. The zero-order valence-electron chi connectivity index (χ0n) is 8.00. The van der Waals surface area contributed by atoms with Crippen molar-refractivity contribution >= 4 is 0 Å². The number of methoxy groups -OCH3 is 1. The smallest absolute Gasteiger partial charge is 0.267 e. The van der Waals surface area contributed by atoms with Crippen LogP contribution in [-0.2, 0) is 0 Å². The zero-order valence-corrected chi connectivity index (χ0v) is 8.00. The van der Waals surface area contributed by atoms with E-state index < -0.39 is 12.5 Å². The first-order chi connectivity index (χ1) is 6.56. The van der Waals surface area contributed by atoms with Crippen LogP contribution in [0, 0.1) is 0 Å². The van der Waals surface area contributed by atoms with Gasteiger partial charge in [0.15, 0.2) is 0 Å². The lowest BCUT2D eigenvalue weighted by atomic mass is 10.1. The van der Waals surface area contributed by atoms with Gasteiger partial charge in [0.25, 0.3) is 6.43 Å². The maximum absolute atomic E-state index is 12.4. The van der Waals surface area contributed by atoms with Gasteiger partial charge < -0.3 is 9.84 Å². The molecule has 1 unspecified atom stereocenters. The van der Waals surface area contributed by atoms with Gasteiger partial charge in [-0.3, -0.25) is 0 Å². The second-order valence-corrected chi connectivity index (χ2v) is 2.98. The van der Waals surface area contributed by atoms with Crippen LogP contribution >= 0.6 is 0 Å². The van der Waals surface area contributed by atoms with Crippen molar-refractivity contribution in [1.82, 2.24) is 0 Å². The van der Waals surface area contributed by atoms with Crippen LogP contribution in [0.5, 0.6) is 5.75 Å². The zero-order chi connectivity index (χ0) is 10.7.